The number of hydrogen-bond acceptors (Lipinski definition) is 3. The molecule has 1 aromatic heterocycles. The van der Waals surface area contributed by atoms with Gasteiger partial charge in [0, 0.05) is 29.6 Å². The molecule has 2 aromatic carbocycles. The maximum Gasteiger partial charge on any atom is 0.336 e. The second-order valence-corrected chi connectivity index (χ2v) is 5.85. The van der Waals surface area contributed by atoms with Crippen molar-refractivity contribution in [3.05, 3.63) is 76.1 Å². The molecule has 0 aliphatic rings. The number of carbonyl (C=O) groups is 1. The van der Waals surface area contributed by atoms with Crippen molar-refractivity contribution in [2.24, 2.45) is 0 Å². The Hall–Kier alpha value is -2.88. The molecule has 0 aliphatic heterocycles. The van der Waals surface area contributed by atoms with Gasteiger partial charge in [-0.3, -0.25) is 4.79 Å². The molecule has 0 saturated carbocycles. The Balaban J connectivity index is 1.62. The molecule has 0 atom stereocenters. The fourth-order valence-corrected chi connectivity index (χ4v) is 2.72. The van der Waals surface area contributed by atoms with Crippen LogP contribution in [0.4, 0.5) is 5.69 Å². The molecule has 1 amide bonds. The predicted octanol–water partition coefficient (Wildman–Crippen LogP) is 4.06. The van der Waals surface area contributed by atoms with Crippen LogP contribution in [0.3, 0.4) is 0 Å². The molecule has 1 heterocycles. The Bertz CT molecular complexity index is 913. The zero-order chi connectivity index (χ0) is 16.9. The van der Waals surface area contributed by atoms with E-state index in [1.807, 2.05) is 37.3 Å². The van der Waals surface area contributed by atoms with Crippen molar-refractivity contribution in [2.75, 3.05) is 5.32 Å². The number of fused-ring (bicyclic) bond motifs is 1. The third-order valence-corrected chi connectivity index (χ3v) is 3.95. The fourth-order valence-electron chi connectivity index (χ4n) is 2.72. The summed E-state index contributed by atoms with van der Waals surface area (Å²) in [4.78, 5) is 23.5. The Morgan fingerprint density at radius 1 is 1.08 bits per heavy atom. The van der Waals surface area contributed by atoms with E-state index >= 15 is 0 Å². The first-order valence-electron chi connectivity index (χ1n) is 8.00. The number of benzene rings is 2. The lowest BCUT2D eigenvalue weighted by molar-refractivity contribution is -0.116. The Kier molecular flexibility index (Phi) is 4.75. The summed E-state index contributed by atoms with van der Waals surface area (Å²) in [6, 6.07) is 16.9. The Labute approximate surface area is 140 Å². The van der Waals surface area contributed by atoms with E-state index in [4.69, 9.17) is 4.42 Å². The summed E-state index contributed by atoms with van der Waals surface area (Å²) >= 11 is 0. The average molecular weight is 321 g/mol. The summed E-state index contributed by atoms with van der Waals surface area (Å²) in [5, 5.41) is 3.73. The topological polar surface area (TPSA) is 59.3 Å². The minimum absolute atomic E-state index is 0.0414. The van der Waals surface area contributed by atoms with Crippen molar-refractivity contribution >= 4 is 22.6 Å². The van der Waals surface area contributed by atoms with Gasteiger partial charge in [0.05, 0.1) is 0 Å². The van der Waals surface area contributed by atoms with E-state index in [1.54, 1.807) is 6.07 Å². The van der Waals surface area contributed by atoms with Crippen molar-refractivity contribution in [3.8, 4) is 0 Å². The highest BCUT2D eigenvalue weighted by Gasteiger charge is 2.06. The molecule has 3 rings (SSSR count). The number of hydrogen-bond donors (Lipinski definition) is 1. The zero-order valence-corrected chi connectivity index (χ0v) is 13.5. The van der Waals surface area contributed by atoms with E-state index in [1.165, 1.54) is 11.6 Å². The van der Waals surface area contributed by atoms with E-state index in [-0.39, 0.29) is 11.5 Å². The SMILES string of the molecule is Cc1cc(=O)oc2cc(NC(=O)CCCc3ccccc3)ccc12. The van der Waals surface area contributed by atoms with Crippen molar-refractivity contribution < 1.29 is 9.21 Å². The third kappa shape index (κ3) is 3.90. The van der Waals surface area contributed by atoms with Crippen LogP contribution in [-0.2, 0) is 11.2 Å². The molecule has 4 heteroatoms. The van der Waals surface area contributed by atoms with Gasteiger partial charge in [-0.25, -0.2) is 4.79 Å². The molecule has 1 N–H and O–H groups in total. The van der Waals surface area contributed by atoms with Crippen LogP contribution in [0.1, 0.15) is 24.0 Å². The molecule has 0 unspecified atom stereocenters. The van der Waals surface area contributed by atoms with Gasteiger partial charge in [-0.05, 0) is 43.0 Å². The molecule has 0 fully saturated rings. The molecule has 0 spiro atoms. The smallest absolute Gasteiger partial charge is 0.336 e. The molecular formula is C20H19NO3. The lowest BCUT2D eigenvalue weighted by Crippen LogP contribution is -2.11. The monoisotopic (exact) mass is 321 g/mol. The van der Waals surface area contributed by atoms with Gasteiger partial charge in [0.1, 0.15) is 5.58 Å². The Morgan fingerprint density at radius 3 is 2.67 bits per heavy atom. The lowest BCUT2D eigenvalue weighted by Gasteiger charge is -2.07. The molecule has 122 valence electrons. The van der Waals surface area contributed by atoms with E-state index in [0.29, 0.717) is 17.7 Å². The molecule has 4 nitrogen and oxygen atoms in total. The normalized spacial score (nSPS) is 10.7. The van der Waals surface area contributed by atoms with Crippen LogP contribution in [0.25, 0.3) is 11.0 Å². The first-order valence-corrected chi connectivity index (χ1v) is 8.00. The summed E-state index contributed by atoms with van der Waals surface area (Å²) < 4.78 is 5.20. The Morgan fingerprint density at radius 2 is 1.88 bits per heavy atom. The van der Waals surface area contributed by atoms with Crippen LogP contribution in [0.5, 0.6) is 0 Å². The average Bonchev–Trinajstić information content (AvgIpc) is 2.55. The van der Waals surface area contributed by atoms with Crippen molar-refractivity contribution in [1.29, 1.82) is 0 Å². The van der Waals surface area contributed by atoms with Crippen molar-refractivity contribution in [3.63, 3.8) is 0 Å². The number of aryl methyl sites for hydroxylation is 2. The van der Waals surface area contributed by atoms with Gasteiger partial charge in [0.2, 0.25) is 5.91 Å². The molecule has 24 heavy (non-hydrogen) atoms. The number of amides is 1. The third-order valence-electron chi connectivity index (χ3n) is 3.95. The van der Waals surface area contributed by atoms with Gasteiger partial charge in [0.15, 0.2) is 0 Å². The van der Waals surface area contributed by atoms with Gasteiger partial charge >= 0.3 is 5.63 Å². The molecule has 3 aromatic rings. The van der Waals surface area contributed by atoms with Crippen LogP contribution >= 0.6 is 0 Å². The summed E-state index contributed by atoms with van der Waals surface area (Å²) in [7, 11) is 0. The number of rotatable bonds is 5. The second-order valence-electron chi connectivity index (χ2n) is 5.85. The van der Waals surface area contributed by atoms with Crippen molar-refractivity contribution in [1.82, 2.24) is 0 Å². The molecule has 0 radical (unpaired) electrons. The molecular weight excluding hydrogens is 302 g/mol. The van der Waals surface area contributed by atoms with Crippen LogP contribution in [-0.4, -0.2) is 5.91 Å². The van der Waals surface area contributed by atoms with Crippen LogP contribution in [0, 0.1) is 6.92 Å². The zero-order valence-electron chi connectivity index (χ0n) is 13.5. The summed E-state index contributed by atoms with van der Waals surface area (Å²) in [5.41, 5.74) is 2.84. The highest BCUT2D eigenvalue weighted by atomic mass is 16.4. The van der Waals surface area contributed by atoms with E-state index < -0.39 is 0 Å². The summed E-state index contributed by atoms with van der Waals surface area (Å²) in [6.45, 7) is 1.86. The van der Waals surface area contributed by atoms with Crippen LogP contribution in [0.2, 0.25) is 0 Å². The summed E-state index contributed by atoms with van der Waals surface area (Å²) in [6.07, 6.45) is 2.11. The van der Waals surface area contributed by atoms with Gasteiger partial charge in [-0.15, -0.1) is 0 Å². The van der Waals surface area contributed by atoms with Gasteiger partial charge in [-0.1, -0.05) is 30.3 Å². The second kappa shape index (κ2) is 7.13. The maximum absolute atomic E-state index is 12.1. The van der Waals surface area contributed by atoms with Crippen molar-refractivity contribution in [2.45, 2.75) is 26.2 Å². The van der Waals surface area contributed by atoms with Crippen LogP contribution in [0.15, 0.2) is 63.8 Å². The largest absolute Gasteiger partial charge is 0.423 e. The number of carbonyl (C=O) groups excluding carboxylic acids is 1. The molecule has 0 aliphatic carbocycles. The highest BCUT2D eigenvalue weighted by molar-refractivity contribution is 5.93. The van der Waals surface area contributed by atoms with Gasteiger partial charge in [-0.2, -0.15) is 0 Å². The van der Waals surface area contributed by atoms with Gasteiger partial charge < -0.3 is 9.73 Å². The standard InChI is InChI=1S/C20H19NO3/c1-14-12-20(23)24-18-13-16(10-11-17(14)18)21-19(22)9-5-8-15-6-3-2-4-7-15/h2-4,6-7,10-13H,5,8-9H2,1H3,(H,21,22). The highest BCUT2D eigenvalue weighted by Crippen LogP contribution is 2.21. The van der Waals surface area contributed by atoms with E-state index in [2.05, 4.69) is 17.4 Å². The number of anilines is 1. The van der Waals surface area contributed by atoms with E-state index in [0.717, 1.165) is 23.8 Å². The first-order chi connectivity index (χ1) is 11.6. The first kappa shape index (κ1) is 16.0. The van der Waals surface area contributed by atoms with Gasteiger partial charge in [0.25, 0.3) is 0 Å². The maximum atomic E-state index is 12.1. The molecule has 0 bridgehead atoms. The fraction of sp³-hybridized carbons (Fsp3) is 0.200. The predicted molar refractivity (Wildman–Crippen MR) is 95.2 cm³/mol. The van der Waals surface area contributed by atoms with E-state index in [9.17, 15) is 9.59 Å². The molecule has 0 saturated heterocycles. The summed E-state index contributed by atoms with van der Waals surface area (Å²) in [5.74, 6) is -0.0414. The minimum atomic E-state index is -0.383. The quantitative estimate of drug-likeness (QED) is 0.721. The number of nitrogens with one attached hydrogen (secondary N) is 1. The minimum Gasteiger partial charge on any atom is -0.423 e. The lowest BCUT2D eigenvalue weighted by atomic mass is 10.1. The van der Waals surface area contributed by atoms with Crippen LogP contribution < -0.4 is 10.9 Å².